The van der Waals surface area contributed by atoms with Gasteiger partial charge >= 0.3 is 6.36 Å². The lowest BCUT2D eigenvalue weighted by Crippen LogP contribution is -2.17. The number of para-hydroxylation sites is 1. The van der Waals surface area contributed by atoms with Crippen LogP contribution in [-0.2, 0) is 0 Å². The van der Waals surface area contributed by atoms with Crippen LogP contribution in [0, 0.1) is 0 Å². The summed E-state index contributed by atoms with van der Waals surface area (Å²) in [7, 11) is 0. The minimum atomic E-state index is -4.79. The molecule has 0 saturated carbocycles. The lowest BCUT2D eigenvalue weighted by molar-refractivity contribution is -0.274. The van der Waals surface area contributed by atoms with Gasteiger partial charge in [0.2, 0.25) is 0 Å². The summed E-state index contributed by atoms with van der Waals surface area (Å²) in [5, 5.41) is 0. The van der Waals surface area contributed by atoms with Crippen molar-refractivity contribution in [1.82, 2.24) is 4.98 Å². The minimum absolute atomic E-state index is 0.105. The fraction of sp³-hybridized carbons (Fsp3) is 0.0526. The molecular weight excluding hydrogens is 345 g/mol. The van der Waals surface area contributed by atoms with Crippen LogP contribution >= 0.6 is 0 Å². The quantitative estimate of drug-likeness (QED) is 0.751. The zero-order valence-corrected chi connectivity index (χ0v) is 13.3. The number of hydrogen-bond acceptors (Lipinski definition) is 3. The smallest absolute Gasteiger partial charge is 0.405 e. The van der Waals surface area contributed by atoms with Gasteiger partial charge in [0.1, 0.15) is 11.4 Å². The van der Waals surface area contributed by atoms with E-state index in [4.69, 9.17) is 5.73 Å². The molecule has 0 atom stereocenters. The Morgan fingerprint density at radius 3 is 2.35 bits per heavy atom. The van der Waals surface area contributed by atoms with Crippen LogP contribution in [0.15, 0.2) is 66.7 Å². The first-order valence-corrected chi connectivity index (χ1v) is 7.56. The van der Waals surface area contributed by atoms with Crippen molar-refractivity contribution in [2.75, 3.05) is 0 Å². The Balaban J connectivity index is 2.04. The molecule has 0 unspecified atom stereocenters. The van der Waals surface area contributed by atoms with Crippen molar-refractivity contribution in [2.24, 2.45) is 5.73 Å². The second-order valence-corrected chi connectivity index (χ2v) is 5.40. The first-order valence-electron chi connectivity index (χ1n) is 7.56. The van der Waals surface area contributed by atoms with Gasteiger partial charge in [-0.2, -0.15) is 0 Å². The molecule has 0 radical (unpaired) electrons. The number of primary amides is 1. The number of rotatable bonds is 4. The third-order valence-corrected chi connectivity index (χ3v) is 3.58. The Kier molecular flexibility index (Phi) is 4.62. The summed E-state index contributed by atoms with van der Waals surface area (Å²) in [5.74, 6) is -0.956. The van der Waals surface area contributed by atoms with Gasteiger partial charge in [-0.25, -0.2) is 4.98 Å². The predicted molar refractivity (Wildman–Crippen MR) is 90.3 cm³/mol. The number of benzene rings is 2. The van der Waals surface area contributed by atoms with Gasteiger partial charge in [0, 0.05) is 11.1 Å². The molecule has 1 aromatic heterocycles. The minimum Gasteiger partial charge on any atom is -0.405 e. The van der Waals surface area contributed by atoms with E-state index in [0.29, 0.717) is 16.8 Å². The van der Waals surface area contributed by atoms with Gasteiger partial charge in [0.25, 0.3) is 5.91 Å². The van der Waals surface area contributed by atoms with Gasteiger partial charge in [0.05, 0.1) is 5.69 Å². The summed E-state index contributed by atoms with van der Waals surface area (Å²) >= 11 is 0. The number of aromatic nitrogens is 1. The second-order valence-electron chi connectivity index (χ2n) is 5.40. The Bertz CT molecular complexity index is 955. The number of hydrogen-bond donors (Lipinski definition) is 1. The molecule has 1 heterocycles. The number of nitrogens with two attached hydrogens (primary N) is 1. The molecule has 3 aromatic rings. The van der Waals surface area contributed by atoms with Crippen molar-refractivity contribution in [3.05, 3.63) is 72.4 Å². The molecule has 7 heteroatoms. The summed E-state index contributed by atoms with van der Waals surface area (Å²) < 4.78 is 42.0. The Morgan fingerprint density at radius 1 is 0.923 bits per heavy atom. The SMILES string of the molecule is NC(=O)c1cccc(-c2cccc(-c3ccccc3OC(F)(F)F)c2)n1. The normalized spacial score (nSPS) is 11.2. The monoisotopic (exact) mass is 358 g/mol. The van der Waals surface area contributed by atoms with Crippen LogP contribution in [0.25, 0.3) is 22.4 Å². The summed E-state index contributed by atoms with van der Waals surface area (Å²) in [5.41, 5.74) is 7.27. The van der Waals surface area contributed by atoms with Crippen LogP contribution in [0.3, 0.4) is 0 Å². The molecular formula is C19H13F3N2O2. The lowest BCUT2D eigenvalue weighted by Gasteiger charge is -2.14. The molecule has 0 aliphatic heterocycles. The van der Waals surface area contributed by atoms with Crippen LogP contribution in [0.5, 0.6) is 5.75 Å². The molecule has 1 amide bonds. The maximum Gasteiger partial charge on any atom is 0.573 e. The highest BCUT2D eigenvalue weighted by molar-refractivity contribution is 5.91. The van der Waals surface area contributed by atoms with Crippen LogP contribution in [-0.4, -0.2) is 17.3 Å². The van der Waals surface area contributed by atoms with Crippen molar-refractivity contribution >= 4 is 5.91 Å². The predicted octanol–water partition coefficient (Wildman–Crippen LogP) is 4.41. The van der Waals surface area contributed by atoms with Crippen molar-refractivity contribution < 1.29 is 22.7 Å². The van der Waals surface area contributed by atoms with Crippen LogP contribution in [0.4, 0.5) is 13.2 Å². The average molecular weight is 358 g/mol. The largest absolute Gasteiger partial charge is 0.573 e. The number of ether oxygens (including phenoxy) is 1. The van der Waals surface area contributed by atoms with Crippen molar-refractivity contribution in [1.29, 1.82) is 0 Å². The molecule has 3 rings (SSSR count). The first-order chi connectivity index (χ1) is 12.3. The summed E-state index contributed by atoms with van der Waals surface area (Å²) in [6.45, 7) is 0. The van der Waals surface area contributed by atoms with E-state index in [0.717, 1.165) is 0 Å². The molecule has 0 aliphatic rings. The zero-order chi connectivity index (χ0) is 18.7. The number of alkyl halides is 3. The maximum absolute atomic E-state index is 12.6. The Morgan fingerprint density at radius 2 is 1.62 bits per heavy atom. The van der Waals surface area contributed by atoms with Crippen molar-refractivity contribution in [3.63, 3.8) is 0 Å². The highest BCUT2D eigenvalue weighted by Crippen LogP contribution is 2.35. The standard InChI is InChI=1S/C19H13F3N2O2/c20-19(21,22)26-17-10-2-1-7-14(17)12-5-3-6-13(11-12)15-8-4-9-16(24-15)18(23)25/h1-11H,(H2,23,25). The van der Waals surface area contributed by atoms with E-state index in [1.54, 1.807) is 42.5 Å². The Hall–Kier alpha value is -3.35. The first kappa shape index (κ1) is 17.5. The van der Waals surface area contributed by atoms with E-state index in [-0.39, 0.29) is 17.0 Å². The molecule has 4 nitrogen and oxygen atoms in total. The Labute approximate surface area is 147 Å². The van der Waals surface area contributed by atoms with E-state index >= 15 is 0 Å². The molecule has 26 heavy (non-hydrogen) atoms. The molecule has 2 aromatic carbocycles. The second kappa shape index (κ2) is 6.87. The number of amides is 1. The molecule has 0 aliphatic carbocycles. The van der Waals surface area contributed by atoms with Crippen LogP contribution in [0.2, 0.25) is 0 Å². The number of pyridine rings is 1. The van der Waals surface area contributed by atoms with Crippen molar-refractivity contribution in [3.8, 4) is 28.1 Å². The molecule has 0 bridgehead atoms. The summed E-state index contributed by atoms with van der Waals surface area (Å²) in [6.07, 6.45) is -4.79. The zero-order valence-electron chi connectivity index (χ0n) is 13.3. The number of carbonyl (C=O) groups excluding carboxylic acids is 1. The maximum atomic E-state index is 12.6. The molecule has 0 fully saturated rings. The topological polar surface area (TPSA) is 65.2 Å². The van der Waals surface area contributed by atoms with Crippen LogP contribution in [0.1, 0.15) is 10.5 Å². The molecule has 0 saturated heterocycles. The fourth-order valence-corrected chi connectivity index (χ4v) is 2.50. The van der Waals surface area contributed by atoms with Crippen LogP contribution < -0.4 is 10.5 Å². The highest BCUT2D eigenvalue weighted by Gasteiger charge is 2.32. The van der Waals surface area contributed by atoms with Crippen molar-refractivity contribution in [2.45, 2.75) is 6.36 Å². The lowest BCUT2D eigenvalue weighted by atomic mass is 10.0. The summed E-state index contributed by atoms with van der Waals surface area (Å²) in [4.78, 5) is 15.5. The van der Waals surface area contributed by atoms with Gasteiger partial charge in [0.15, 0.2) is 0 Å². The van der Waals surface area contributed by atoms with Gasteiger partial charge in [-0.05, 0) is 29.8 Å². The molecule has 132 valence electrons. The third kappa shape index (κ3) is 4.00. The molecule has 0 spiro atoms. The van der Waals surface area contributed by atoms with Gasteiger partial charge < -0.3 is 10.5 Å². The summed E-state index contributed by atoms with van der Waals surface area (Å²) in [6, 6.07) is 17.4. The van der Waals surface area contributed by atoms with E-state index in [2.05, 4.69) is 9.72 Å². The van der Waals surface area contributed by atoms with Gasteiger partial charge in [-0.3, -0.25) is 4.79 Å². The highest BCUT2D eigenvalue weighted by atomic mass is 19.4. The number of halogens is 3. The third-order valence-electron chi connectivity index (χ3n) is 3.58. The van der Waals surface area contributed by atoms with E-state index in [9.17, 15) is 18.0 Å². The number of carbonyl (C=O) groups is 1. The van der Waals surface area contributed by atoms with E-state index in [1.807, 2.05) is 0 Å². The molecule has 2 N–H and O–H groups in total. The fourth-order valence-electron chi connectivity index (χ4n) is 2.50. The van der Waals surface area contributed by atoms with E-state index in [1.165, 1.54) is 24.3 Å². The number of nitrogens with zero attached hydrogens (tertiary/aromatic N) is 1. The average Bonchev–Trinajstić information content (AvgIpc) is 2.61. The van der Waals surface area contributed by atoms with E-state index < -0.39 is 12.3 Å². The van der Waals surface area contributed by atoms with Gasteiger partial charge in [-0.15, -0.1) is 13.2 Å². The van der Waals surface area contributed by atoms with Gasteiger partial charge in [-0.1, -0.05) is 42.5 Å².